The van der Waals surface area contributed by atoms with Crippen LogP contribution < -0.4 is 5.32 Å². The highest BCUT2D eigenvalue weighted by Crippen LogP contribution is 2.35. The number of aryl methyl sites for hydroxylation is 1. The Bertz CT molecular complexity index is 569. The normalized spacial score (nSPS) is 10.8. The molecule has 2 aromatic rings. The third-order valence-corrected chi connectivity index (χ3v) is 4.65. The highest BCUT2D eigenvalue weighted by atomic mass is 35.5. The van der Waals surface area contributed by atoms with Crippen LogP contribution in [0.25, 0.3) is 0 Å². The Hall–Kier alpha value is -0.960. The van der Waals surface area contributed by atoms with Crippen molar-refractivity contribution < 1.29 is 0 Å². The van der Waals surface area contributed by atoms with Gasteiger partial charge in [0.05, 0.1) is 5.02 Å². The first kappa shape index (κ1) is 15.4. The molecular formula is C17H20ClNS. The van der Waals surface area contributed by atoms with E-state index in [-0.39, 0.29) is 0 Å². The van der Waals surface area contributed by atoms with Crippen LogP contribution in [0.3, 0.4) is 0 Å². The van der Waals surface area contributed by atoms with Crippen LogP contribution in [0.5, 0.6) is 0 Å². The number of rotatable bonds is 6. The van der Waals surface area contributed by atoms with Crippen molar-refractivity contribution in [3.05, 3.63) is 58.6 Å². The first-order valence-corrected chi connectivity index (χ1v) is 8.12. The average molecular weight is 306 g/mol. The van der Waals surface area contributed by atoms with Crippen LogP contribution in [-0.4, -0.2) is 6.54 Å². The highest BCUT2D eigenvalue weighted by molar-refractivity contribution is 7.99. The molecule has 0 saturated carbocycles. The van der Waals surface area contributed by atoms with Crippen molar-refractivity contribution in [3.63, 3.8) is 0 Å². The largest absolute Gasteiger partial charge is 0.313 e. The standard InChI is InChI=1S/C17H20ClNS/c1-3-10-19-12-14-11-13(2)8-9-16(14)20-17-7-5-4-6-15(17)18/h4-9,11,19H,3,10,12H2,1-2H3. The van der Waals surface area contributed by atoms with Crippen LogP contribution >= 0.6 is 23.4 Å². The molecule has 0 bridgehead atoms. The monoisotopic (exact) mass is 305 g/mol. The van der Waals surface area contributed by atoms with Crippen molar-refractivity contribution in [2.24, 2.45) is 0 Å². The minimum absolute atomic E-state index is 0.811. The molecule has 20 heavy (non-hydrogen) atoms. The molecule has 0 aromatic heterocycles. The molecule has 1 nitrogen and oxygen atoms in total. The van der Waals surface area contributed by atoms with Crippen molar-refractivity contribution in [1.29, 1.82) is 0 Å². The van der Waals surface area contributed by atoms with Gasteiger partial charge in [0.1, 0.15) is 0 Å². The Balaban J connectivity index is 2.20. The minimum Gasteiger partial charge on any atom is -0.313 e. The molecule has 0 radical (unpaired) electrons. The summed E-state index contributed by atoms with van der Waals surface area (Å²) in [7, 11) is 0. The molecule has 106 valence electrons. The van der Waals surface area contributed by atoms with E-state index in [4.69, 9.17) is 11.6 Å². The van der Waals surface area contributed by atoms with Gasteiger partial charge in [-0.05, 0) is 43.7 Å². The van der Waals surface area contributed by atoms with Gasteiger partial charge in [0, 0.05) is 16.3 Å². The van der Waals surface area contributed by atoms with Gasteiger partial charge in [-0.1, -0.05) is 60.1 Å². The number of halogens is 1. The maximum Gasteiger partial charge on any atom is 0.0545 e. The molecule has 2 aromatic carbocycles. The molecule has 2 rings (SSSR count). The van der Waals surface area contributed by atoms with Crippen molar-refractivity contribution in [3.8, 4) is 0 Å². The van der Waals surface area contributed by atoms with Crippen LogP contribution in [0.2, 0.25) is 5.02 Å². The van der Waals surface area contributed by atoms with E-state index in [1.54, 1.807) is 11.8 Å². The van der Waals surface area contributed by atoms with Crippen molar-refractivity contribution >= 4 is 23.4 Å². The fraction of sp³-hybridized carbons (Fsp3) is 0.294. The van der Waals surface area contributed by atoms with Gasteiger partial charge in [0.25, 0.3) is 0 Å². The summed E-state index contributed by atoms with van der Waals surface area (Å²) in [5.41, 5.74) is 2.63. The van der Waals surface area contributed by atoms with Gasteiger partial charge < -0.3 is 5.32 Å². The predicted octanol–water partition coefficient (Wildman–Crippen LogP) is 5.30. The summed E-state index contributed by atoms with van der Waals surface area (Å²) in [6.45, 7) is 6.27. The molecule has 0 amide bonds. The Morgan fingerprint density at radius 1 is 1.10 bits per heavy atom. The van der Waals surface area contributed by atoms with E-state index in [0.717, 1.165) is 29.4 Å². The number of hydrogen-bond donors (Lipinski definition) is 1. The molecule has 0 aliphatic rings. The molecule has 3 heteroatoms. The van der Waals surface area contributed by atoms with Crippen LogP contribution in [0.15, 0.2) is 52.3 Å². The first-order chi connectivity index (χ1) is 9.70. The second-order valence-electron chi connectivity index (χ2n) is 4.82. The summed E-state index contributed by atoms with van der Waals surface area (Å²) in [4.78, 5) is 2.38. The van der Waals surface area contributed by atoms with E-state index in [1.807, 2.05) is 18.2 Å². The number of hydrogen-bond acceptors (Lipinski definition) is 2. The smallest absolute Gasteiger partial charge is 0.0545 e. The predicted molar refractivity (Wildman–Crippen MR) is 88.8 cm³/mol. The Morgan fingerprint density at radius 3 is 2.65 bits per heavy atom. The van der Waals surface area contributed by atoms with Gasteiger partial charge in [-0.25, -0.2) is 0 Å². The Kier molecular flexibility index (Phi) is 5.96. The van der Waals surface area contributed by atoms with Crippen molar-refractivity contribution in [2.45, 2.75) is 36.6 Å². The second-order valence-corrected chi connectivity index (χ2v) is 6.31. The summed E-state index contributed by atoms with van der Waals surface area (Å²) < 4.78 is 0. The Morgan fingerprint density at radius 2 is 1.90 bits per heavy atom. The zero-order valence-electron chi connectivity index (χ0n) is 11.9. The van der Waals surface area contributed by atoms with Gasteiger partial charge in [0.15, 0.2) is 0 Å². The SMILES string of the molecule is CCCNCc1cc(C)ccc1Sc1ccccc1Cl. The average Bonchev–Trinajstić information content (AvgIpc) is 2.44. The Labute approximate surface area is 130 Å². The molecule has 1 N–H and O–H groups in total. The fourth-order valence-electron chi connectivity index (χ4n) is 1.99. The quantitative estimate of drug-likeness (QED) is 0.727. The molecule has 0 atom stereocenters. The fourth-order valence-corrected chi connectivity index (χ4v) is 3.19. The minimum atomic E-state index is 0.811. The molecule has 0 aliphatic heterocycles. The van der Waals surface area contributed by atoms with E-state index in [0.29, 0.717) is 0 Å². The van der Waals surface area contributed by atoms with Gasteiger partial charge in [0.2, 0.25) is 0 Å². The van der Waals surface area contributed by atoms with Gasteiger partial charge >= 0.3 is 0 Å². The second kappa shape index (κ2) is 7.72. The lowest BCUT2D eigenvalue weighted by atomic mass is 10.1. The molecule has 0 aliphatic carbocycles. The lowest BCUT2D eigenvalue weighted by Gasteiger charge is -2.12. The molecule has 0 spiro atoms. The van der Waals surface area contributed by atoms with E-state index < -0.39 is 0 Å². The molecule has 0 saturated heterocycles. The highest BCUT2D eigenvalue weighted by Gasteiger charge is 2.07. The maximum absolute atomic E-state index is 6.25. The zero-order valence-corrected chi connectivity index (χ0v) is 13.5. The summed E-state index contributed by atoms with van der Waals surface area (Å²) in [5, 5.41) is 4.28. The molecule has 0 fully saturated rings. The van der Waals surface area contributed by atoms with Crippen LogP contribution in [0, 0.1) is 6.92 Å². The van der Waals surface area contributed by atoms with Crippen molar-refractivity contribution in [1.82, 2.24) is 5.32 Å². The molecular weight excluding hydrogens is 286 g/mol. The summed E-state index contributed by atoms with van der Waals surface area (Å²) in [6.07, 6.45) is 1.15. The van der Waals surface area contributed by atoms with E-state index in [1.165, 1.54) is 16.0 Å². The molecule has 0 heterocycles. The topological polar surface area (TPSA) is 12.0 Å². The van der Waals surface area contributed by atoms with Crippen LogP contribution in [0.1, 0.15) is 24.5 Å². The summed E-state index contributed by atoms with van der Waals surface area (Å²) in [6, 6.07) is 14.6. The van der Waals surface area contributed by atoms with Gasteiger partial charge in [-0.15, -0.1) is 0 Å². The van der Waals surface area contributed by atoms with Crippen molar-refractivity contribution in [2.75, 3.05) is 6.54 Å². The summed E-state index contributed by atoms with van der Waals surface area (Å²) in [5.74, 6) is 0. The number of nitrogens with one attached hydrogen (secondary N) is 1. The third-order valence-electron chi connectivity index (χ3n) is 3.01. The van der Waals surface area contributed by atoms with Gasteiger partial charge in [-0.3, -0.25) is 0 Å². The molecule has 0 unspecified atom stereocenters. The van der Waals surface area contributed by atoms with Crippen LogP contribution in [0.4, 0.5) is 0 Å². The van der Waals surface area contributed by atoms with Crippen LogP contribution in [-0.2, 0) is 6.54 Å². The lowest BCUT2D eigenvalue weighted by Crippen LogP contribution is -2.14. The number of benzene rings is 2. The first-order valence-electron chi connectivity index (χ1n) is 6.93. The van der Waals surface area contributed by atoms with E-state index in [9.17, 15) is 0 Å². The van der Waals surface area contributed by atoms with E-state index in [2.05, 4.69) is 43.4 Å². The lowest BCUT2D eigenvalue weighted by molar-refractivity contribution is 0.669. The van der Waals surface area contributed by atoms with Gasteiger partial charge in [-0.2, -0.15) is 0 Å². The third kappa shape index (κ3) is 4.27. The van der Waals surface area contributed by atoms with E-state index >= 15 is 0 Å². The summed E-state index contributed by atoms with van der Waals surface area (Å²) >= 11 is 7.98. The maximum atomic E-state index is 6.25. The zero-order chi connectivity index (χ0) is 14.4.